The van der Waals surface area contributed by atoms with E-state index >= 15 is 4.39 Å². The Morgan fingerprint density at radius 2 is 1.47 bits per heavy atom. The number of imidazole rings is 2. The van der Waals surface area contributed by atoms with Gasteiger partial charge < -0.3 is 39.7 Å². The van der Waals surface area contributed by atoms with E-state index in [0.29, 0.717) is 59.7 Å². The van der Waals surface area contributed by atoms with Crippen molar-refractivity contribution in [3.05, 3.63) is 72.2 Å². The maximum absolute atomic E-state index is 15.8. The van der Waals surface area contributed by atoms with Crippen LogP contribution in [0.25, 0.3) is 44.2 Å². The third kappa shape index (κ3) is 8.54. The maximum Gasteiger partial charge on any atom is 0.407 e. The second-order valence-corrected chi connectivity index (χ2v) is 15.9. The van der Waals surface area contributed by atoms with Crippen molar-refractivity contribution in [1.29, 1.82) is 0 Å². The van der Waals surface area contributed by atoms with Crippen LogP contribution < -0.4 is 10.6 Å². The molecule has 3 aromatic carbocycles. The molecule has 2 aromatic heterocycles. The molecule has 0 saturated carbocycles. The molecule has 5 aromatic rings. The van der Waals surface area contributed by atoms with Crippen molar-refractivity contribution < 1.29 is 33.4 Å². The number of aliphatic hydroxyl groups excluding tert-OH is 1. The summed E-state index contributed by atoms with van der Waals surface area (Å²) < 4.78 is 25.6. The number of hydrogen-bond donors (Lipinski definition) is 5. The number of H-pyrrole nitrogens is 2. The van der Waals surface area contributed by atoms with Gasteiger partial charge in [-0.2, -0.15) is 0 Å². The number of alkyl carbamates (subject to hydrolysis) is 1. The number of benzene rings is 3. The van der Waals surface area contributed by atoms with Crippen LogP contribution in [0.1, 0.15) is 90.0 Å². The van der Waals surface area contributed by atoms with Crippen LogP contribution in [-0.2, 0) is 19.1 Å². The number of likely N-dealkylation sites (tertiary alicyclic amines) is 2. The molecule has 4 heterocycles. The van der Waals surface area contributed by atoms with E-state index in [9.17, 15) is 19.5 Å². The normalized spacial score (nSPS) is 19.5. The highest BCUT2D eigenvalue weighted by atomic mass is 19.1. The second kappa shape index (κ2) is 17.9. The van der Waals surface area contributed by atoms with Gasteiger partial charge in [-0.1, -0.05) is 64.8 Å². The van der Waals surface area contributed by atoms with E-state index in [2.05, 4.69) is 26.7 Å². The minimum atomic E-state index is -1.27. The Labute approximate surface area is 343 Å². The molecule has 59 heavy (non-hydrogen) atoms. The van der Waals surface area contributed by atoms with E-state index in [4.69, 9.17) is 19.4 Å². The molecule has 0 spiro atoms. The van der Waals surface area contributed by atoms with Crippen LogP contribution in [0.2, 0.25) is 0 Å². The molecule has 2 saturated heterocycles. The molecule has 5 N–H and O–H groups in total. The van der Waals surface area contributed by atoms with E-state index in [0.717, 1.165) is 47.7 Å². The molecular formula is C44H55FN8O6. The molecule has 0 bridgehead atoms. The molecule has 7 unspecified atom stereocenters. The second-order valence-electron chi connectivity index (χ2n) is 15.9. The lowest BCUT2D eigenvalue weighted by Gasteiger charge is -2.32. The highest BCUT2D eigenvalue weighted by Crippen LogP contribution is 2.37. The first-order chi connectivity index (χ1) is 28.4. The highest BCUT2D eigenvalue weighted by molar-refractivity contribution is 5.92. The average molecular weight is 811 g/mol. The van der Waals surface area contributed by atoms with Gasteiger partial charge in [-0.3, -0.25) is 14.9 Å². The number of amides is 3. The van der Waals surface area contributed by atoms with Crippen LogP contribution in [-0.4, -0.2) is 98.6 Å². The topological polar surface area (TPSA) is 178 Å². The fraction of sp³-hybridized carbons (Fsp3) is 0.477. The first kappa shape index (κ1) is 41.8. The van der Waals surface area contributed by atoms with E-state index < -0.39 is 30.4 Å². The smallest absolute Gasteiger partial charge is 0.407 e. The zero-order valence-electron chi connectivity index (χ0n) is 34.5. The summed E-state index contributed by atoms with van der Waals surface area (Å²) in [6.07, 6.45) is 4.41. The Morgan fingerprint density at radius 1 is 0.864 bits per heavy atom. The van der Waals surface area contributed by atoms with Crippen LogP contribution in [0.15, 0.2) is 54.7 Å². The first-order valence-corrected chi connectivity index (χ1v) is 20.6. The molecule has 7 atom stereocenters. The number of ether oxygens (including phenoxy) is 2. The third-order valence-corrected chi connectivity index (χ3v) is 12.3. The summed E-state index contributed by atoms with van der Waals surface area (Å²) in [5, 5.41) is 17.7. The lowest BCUT2D eigenvalue weighted by Crippen LogP contribution is -2.53. The molecule has 2 aliphatic heterocycles. The summed E-state index contributed by atoms with van der Waals surface area (Å²) in [5.41, 5.74) is 4.01. The monoisotopic (exact) mass is 810 g/mol. The first-order valence-electron chi connectivity index (χ1n) is 20.6. The van der Waals surface area contributed by atoms with Gasteiger partial charge >= 0.3 is 6.09 Å². The lowest BCUT2D eigenvalue weighted by atomic mass is 9.97. The number of carbonyl (C=O) groups excluding carboxylic acids is 3. The molecule has 3 amide bonds. The van der Waals surface area contributed by atoms with Gasteiger partial charge in [0.15, 0.2) is 0 Å². The number of aromatic amines is 2. The largest absolute Gasteiger partial charge is 0.453 e. The maximum atomic E-state index is 15.8. The molecule has 14 nitrogen and oxygen atoms in total. The zero-order valence-corrected chi connectivity index (χ0v) is 34.5. The Kier molecular flexibility index (Phi) is 12.6. The van der Waals surface area contributed by atoms with Gasteiger partial charge in [0, 0.05) is 37.4 Å². The number of methoxy groups -OCH3 is 2. The van der Waals surface area contributed by atoms with Crippen molar-refractivity contribution in [2.75, 3.05) is 27.3 Å². The molecular weight excluding hydrogens is 756 g/mol. The number of carbonyl (C=O) groups is 3. The molecule has 314 valence electrons. The van der Waals surface area contributed by atoms with Crippen LogP contribution >= 0.6 is 0 Å². The van der Waals surface area contributed by atoms with Gasteiger partial charge in [-0.25, -0.2) is 19.2 Å². The molecule has 7 rings (SSSR count). The molecule has 2 fully saturated rings. The zero-order chi connectivity index (χ0) is 42.0. The molecule has 0 aliphatic carbocycles. The summed E-state index contributed by atoms with van der Waals surface area (Å²) in [6, 6.07) is 13.2. The Hall–Kier alpha value is -5.38. The Morgan fingerprint density at radius 3 is 2.12 bits per heavy atom. The van der Waals surface area contributed by atoms with E-state index in [1.165, 1.54) is 20.3 Å². The minimum absolute atomic E-state index is 0.0490. The van der Waals surface area contributed by atoms with Gasteiger partial charge in [0.2, 0.25) is 18.2 Å². The standard InChI is InChI=1S/C44H55FN8O6/c1-7-24(3)37(50-43(56)58-5)41(54)52-17-9-11-35(52)39-46-23-34(49-39)29-16-14-26-19-28(15-13-27(26)20-29)30-21-32-33(22-31(30)45)48-40(47-32)36-12-10-18-53(36)42(55)38(25(4)8-2)51-44(57)59-6/h13-16,19-25,35-38,44,51,57H,7-12,17-18H2,1-6H3,(H,46,49)(H,47,48)(H,50,56). The predicted molar refractivity (Wildman–Crippen MR) is 222 cm³/mol. The number of fused-ring (bicyclic) bond motifs is 2. The van der Waals surface area contributed by atoms with Crippen molar-refractivity contribution in [3.63, 3.8) is 0 Å². The van der Waals surface area contributed by atoms with Gasteiger partial charge in [0.1, 0.15) is 23.5 Å². The highest BCUT2D eigenvalue weighted by Gasteiger charge is 2.39. The van der Waals surface area contributed by atoms with Crippen molar-refractivity contribution in [2.24, 2.45) is 11.8 Å². The van der Waals surface area contributed by atoms with Gasteiger partial charge in [-0.05, 0) is 72.1 Å². The summed E-state index contributed by atoms with van der Waals surface area (Å²) in [4.78, 5) is 59.6. The summed E-state index contributed by atoms with van der Waals surface area (Å²) in [7, 11) is 2.66. The fourth-order valence-electron chi connectivity index (χ4n) is 8.45. The van der Waals surface area contributed by atoms with Gasteiger partial charge in [0.25, 0.3) is 0 Å². The van der Waals surface area contributed by atoms with Crippen molar-refractivity contribution in [2.45, 2.75) is 96.8 Å². The number of aliphatic hydroxyl groups is 1. The van der Waals surface area contributed by atoms with Crippen LogP contribution in [0.5, 0.6) is 0 Å². The SMILES string of the molecule is CCC(C)C(NC(=O)OC)C(=O)N1CCCC1c1ncc(-c2ccc3cc(-c4cc5nc(C6CCCN6C(=O)C(NC(O)OC)C(C)CC)[nH]c5cc4F)ccc3c2)[nH]1. The van der Waals surface area contributed by atoms with E-state index in [1.54, 1.807) is 22.1 Å². The molecule has 15 heteroatoms. The Balaban J connectivity index is 1.09. The summed E-state index contributed by atoms with van der Waals surface area (Å²) >= 11 is 0. The quantitative estimate of drug-likeness (QED) is 0.0744. The average Bonchev–Trinajstić information content (AvgIpc) is 4.09. The summed E-state index contributed by atoms with van der Waals surface area (Å²) in [5.74, 6) is 0.496. The van der Waals surface area contributed by atoms with Crippen LogP contribution in [0.4, 0.5) is 9.18 Å². The van der Waals surface area contributed by atoms with Crippen molar-refractivity contribution in [3.8, 4) is 22.4 Å². The van der Waals surface area contributed by atoms with Gasteiger partial charge in [-0.15, -0.1) is 0 Å². The number of nitrogens with zero attached hydrogens (tertiary/aromatic N) is 4. The van der Waals surface area contributed by atoms with Crippen molar-refractivity contribution in [1.82, 2.24) is 40.4 Å². The van der Waals surface area contributed by atoms with Crippen molar-refractivity contribution >= 4 is 39.7 Å². The third-order valence-electron chi connectivity index (χ3n) is 12.3. The lowest BCUT2D eigenvalue weighted by molar-refractivity contribution is -0.145. The molecule has 0 radical (unpaired) electrons. The number of nitrogens with one attached hydrogen (secondary N) is 4. The van der Waals surface area contributed by atoms with Crippen LogP contribution in [0.3, 0.4) is 0 Å². The number of halogens is 1. The number of aromatic nitrogens is 4. The van der Waals surface area contributed by atoms with E-state index in [1.807, 2.05) is 58.0 Å². The number of hydrogen-bond acceptors (Lipinski definition) is 9. The minimum Gasteiger partial charge on any atom is -0.453 e. The van der Waals surface area contributed by atoms with Gasteiger partial charge in [0.05, 0.1) is 48.2 Å². The molecule has 2 aliphatic rings. The number of rotatable bonds is 14. The predicted octanol–water partition coefficient (Wildman–Crippen LogP) is 6.94. The van der Waals surface area contributed by atoms with E-state index in [-0.39, 0.29) is 35.7 Å². The fourth-order valence-corrected chi connectivity index (χ4v) is 8.45. The Bertz CT molecular complexity index is 2310. The summed E-state index contributed by atoms with van der Waals surface area (Å²) in [6.45, 7) is 9.01. The van der Waals surface area contributed by atoms with Crippen LogP contribution in [0, 0.1) is 17.7 Å².